The van der Waals surface area contributed by atoms with Crippen molar-refractivity contribution >= 4 is 43.9 Å². The number of rotatable bonds is 2. The zero-order valence-electron chi connectivity index (χ0n) is 22.7. The average molecular weight is 528 g/mol. The van der Waals surface area contributed by atoms with Gasteiger partial charge in [0.1, 0.15) is 16.8 Å². The Labute approximate surface area is 236 Å². The minimum atomic E-state index is -0.0745. The van der Waals surface area contributed by atoms with Crippen LogP contribution in [0.5, 0.6) is 0 Å². The smallest absolute Gasteiger partial charge is 0.236 e. The fraction of sp³-hybridized carbons (Fsp3) is 0.0811. The van der Waals surface area contributed by atoms with Crippen molar-refractivity contribution in [1.82, 2.24) is 14.5 Å². The van der Waals surface area contributed by atoms with Crippen molar-refractivity contribution in [2.24, 2.45) is 0 Å². The summed E-state index contributed by atoms with van der Waals surface area (Å²) < 4.78 is 8.60. The highest BCUT2D eigenvalue weighted by Gasteiger charge is 2.37. The van der Waals surface area contributed by atoms with Crippen LogP contribution < -0.4 is 0 Å². The van der Waals surface area contributed by atoms with E-state index in [4.69, 9.17) is 14.4 Å². The zero-order valence-corrected chi connectivity index (χ0v) is 22.7. The highest BCUT2D eigenvalue weighted by Crippen LogP contribution is 2.53. The fourth-order valence-electron chi connectivity index (χ4n) is 6.94. The first kappa shape index (κ1) is 22.6. The molecule has 41 heavy (non-hydrogen) atoms. The monoisotopic (exact) mass is 527 g/mol. The van der Waals surface area contributed by atoms with E-state index < -0.39 is 0 Å². The van der Waals surface area contributed by atoms with E-state index in [2.05, 4.69) is 97.3 Å². The van der Waals surface area contributed by atoms with Crippen LogP contribution in [-0.4, -0.2) is 14.5 Å². The number of hydrogen-bond acceptors (Lipinski definition) is 3. The highest BCUT2D eigenvalue weighted by atomic mass is 16.3. The van der Waals surface area contributed by atoms with Crippen LogP contribution in [-0.2, 0) is 5.41 Å². The zero-order chi connectivity index (χ0) is 27.3. The van der Waals surface area contributed by atoms with Crippen molar-refractivity contribution in [1.29, 1.82) is 0 Å². The van der Waals surface area contributed by atoms with Crippen LogP contribution in [0, 0.1) is 0 Å². The van der Waals surface area contributed by atoms with Crippen molar-refractivity contribution in [2.45, 2.75) is 19.3 Å². The molecule has 0 fully saturated rings. The van der Waals surface area contributed by atoms with Gasteiger partial charge in [-0.05, 0) is 46.5 Å². The Bertz CT molecular complexity index is 2340. The maximum Gasteiger partial charge on any atom is 0.236 e. The second kappa shape index (κ2) is 7.92. The topological polar surface area (TPSA) is 43.9 Å². The lowest BCUT2D eigenvalue weighted by molar-refractivity contribution is 0.661. The van der Waals surface area contributed by atoms with Crippen LogP contribution in [0.3, 0.4) is 0 Å². The number of para-hydroxylation sites is 2. The summed E-state index contributed by atoms with van der Waals surface area (Å²) in [5.74, 6) is 0.639. The van der Waals surface area contributed by atoms with Gasteiger partial charge in [0.15, 0.2) is 5.58 Å². The van der Waals surface area contributed by atoms with Crippen LogP contribution >= 0.6 is 0 Å². The molecular formula is C37H25N3O. The summed E-state index contributed by atoms with van der Waals surface area (Å²) in [5, 5.41) is 3.44. The molecule has 0 saturated heterocycles. The Morgan fingerprint density at radius 1 is 0.634 bits per heavy atom. The molecule has 0 unspecified atom stereocenters. The third-order valence-electron chi connectivity index (χ3n) is 8.84. The molecule has 1 aliphatic carbocycles. The molecule has 0 radical (unpaired) electrons. The first-order chi connectivity index (χ1) is 20.1. The van der Waals surface area contributed by atoms with Gasteiger partial charge in [-0.3, -0.25) is 4.57 Å². The lowest BCUT2D eigenvalue weighted by Crippen LogP contribution is -2.14. The van der Waals surface area contributed by atoms with E-state index in [1.165, 1.54) is 33.0 Å². The van der Waals surface area contributed by atoms with E-state index in [0.717, 1.165) is 38.8 Å². The Balaban J connectivity index is 1.44. The van der Waals surface area contributed by atoms with Gasteiger partial charge in [-0.2, -0.15) is 0 Å². The van der Waals surface area contributed by atoms with E-state index in [9.17, 15) is 0 Å². The summed E-state index contributed by atoms with van der Waals surface area (Å²) in [6, 6.07) is 40.4. The van der Waals surface area contributed by atoms with E-state index in [-0.39, 0.29) is 5.41 Å². The summed E-state index contributed by atoms with van der Waals surface area (Å²) >= 11 is 0. The molecule has 3 heterocycles. The number of fused-ring (bicyclic) bond motifs is 10. The SMILES string of the molecule is CC1(C)c2ccccc2-c2c1ccc1c2c2ccccc2n1-c1nc(-c2ccccc2)c2oc3ccccc3c2n1. The number of benzene rings is 5. The molecule has 0 bridgehead atoms. The summed E-state index contributed by atoms with van der Waals surface area (Å²) in [6.45, 7) is 4.66. The quantitative estimate of drug-likeness (QED) is 0.225. The number of aromatic nitrogens is 3. The minimum Gasteiger partial charge on any atom is -0.452 e. The first-order valence-electron chi connectivity index (χ1n) is 14.0. The van der Waals surface area contributed by atoms with Gasteiger partial charge in [-0.15, -0.1) is 0 Å². The molecule has 1 aliphatic rings. The average Bonchev–Trinajstić information content (AvgIpc) is 3.63. The molecule has 5 aromatic carbocycles. The number of furan rings is 1. The molecule has 0 saturated carbocycles. The molecule has 4 nitrogen and oxygen atoms in total. The van der Waals surface area contributed by atoms with E-state index >= 15 is 0 Å². The predicted molar refractivity (Wildman–Crippen MR) is 167 cm³/mol. The number of hydrogen-bond donors (Lipinski definition) is 0. The second-order valence-corrected chi connectivity index (χ2v) is 11.4. The van der Waals surface area contributed by atoms with Gasteiger partial charge in [0.25, 0.3) is 0 Å². The van der Waals surface area contributed by atoms with Crippen LogP contribution in [0.1, 0.15) is 25.0 Å². The second-order valence-electron chi connectivity index (χ2n) is 11.4. The summed E-state index contributed by atoms with van der Waals surface area (Å²) in [6.07, 6.45) is 0. The summed E-state index contributed by atoms with van der Waals surface area (Å²) in [4.78, 5) is 10.5. The van der Waals surface area contributed by atoms with Crippen LogP contribution in [0.15, 0.2) is 120 Å². The molecule has 194 valence electrons. The molecular weight excluding hydrogens is 502 g/mol. The summed E-state index contributed by atoms with van der Waals surface area (Å²) in [5.41, 5.74) is 11.6. The Hall–Kier alpha value is -5.22. The lowest BCUT2D eigenvalue weighted by atomic mass is 9.82. The van der Waals surface area contributed by atoms with Crippen molar-refractivity contribution in [3.8, 4) is 28.3 Å². The molecule has 9 rings (SSSR count). The Kier molecular flexibility index (Phi) is 4.36. The molecule has 4 heteroatoms. The third kappa shape index (κ3) is 2.94. The summed E-state index contributed by atoms with van der Waals surface area (Å²) in [7, 11) is 0. The fourth-order valence-corrected chi connectivity index (χ4v) is 6.94. The van der Waals surface area contributed by atoms with Crippen molar-refractivity contribution in [2.75, 3.05) is 0 Å². The third-order valence-corrected chi connectivity index (χ3v) is 8.84. The highest BCUT2D eigenvalue weighted by molar-refractivity contribution is 6.18. The first-order valence-corrected chi connectivity index (χ1v) is 14.0. The molecule has 0 spiro atoms. The van der Waals surface area contributed by atoms with Gasteiger partial charge in [0, 0.05) is 27.1 Å². The standard InChI is InChI=1S/C37H25N3O/c1-37(2)26-17-9-6-14-23(26)31-27(37)20-21-29-32(31)24-15-7-10-18-28(24)40(29)36-38-33(22-12-4-3-5-13-22)35-34(39-36)25-16-8-11-19-30(25)41-35/h3-21H,1-2H3. The molecule has 0 N–H and O–H groups in total. The van der Waals surface area contributed by atoms with E-state index in [1.807, 2.05) is 36.4 Å². The maximum atomic E-state index is 6.37. The van der Waals surface area contributed by atoms with Crippen molar-refractivity contribution in [3.05, 3.63) is 126 Å². The van der Waals surface area contributed by atoms with E-state index in [1.54, 1.807) is 0 Å². The van der Waals surface area contributed by atoms with E-state index in [0.29, 0.717) is 11.5 Å². The number of nitrogens with zero attached hydrogens (tertiary/aromatic N) is 3. The Morgan fingerprint density at radius 2 is 1.37 bits per heavy atom. The maximum absolute atomic E-state index is 6.37. The van der Waals surface area contributed by atoms with Gasteiger partial charge in [-0.25, -0.2) is 9.97 Å². The van der Waals surface area contributed by atoms with Crippen molar-refractivity contribution in [3.63, 3.8) is 0 Å². The van der Waals surface area contributed by atoms with Gasteiger partial charge < -0.3 is 4.42 Å². The van der Waals surface area contributed by atoms with Gasteiger partial charge >= 0.3 is 0 Å². The molecule has 8 aromatic rings. The largest absolute Gasteiger partial charge is 0.452 e. The molecule has 3 aromatic heterocycles. The predicted octanol–water partition coefficient (Wildman–Crippen LogP) is 9.45. The van der Waals surface area contributed by atoms with Gasteiger partial charge in [-0.1, -0.05) is 105 Å². The molecule has 0 aliphatic heterocycles. The van der Waals surface area contributed by atoms with Crippen molar-refractivity contribution < 1.29 is 4.42 Å². The van der Waals surface area contributed by atoms with Crippen LogP contribution in [0.2, 0.25) is 0 Å². The Morgan fingerprint density at radius 3 is 2.24 bits per heavy atom. The molecule has 0 amide bonds. The normalized spacial score (nSPS) is 13.8. The van der Waals surface area contributed by atoms with Gasteiger partial charge in [0.2, 0.25) is 5.95 Å². The van der Waals surface area contributed by atoms with Gasteiger partial charge in [0.05, 0.1) is 11.0 Å². The minimum absolute atomic E-state index is 0.0745. The van der Waals surface area contributed by atoms with Crippen LogP contribution in [0.4, 0.5) is 0 Å². The van der Waals surface area contributed by atoms with Crippen LogP contribution in [0.25, 0.3) is 72.2 Å². The lowest BCUT2D eigenvalue weighted by Gasteiger charge is -2.21. The molecule has 0 atom stereocenters.